The van der Waals surface area contributed by atoms with Gasteiger partial charge >= 0.3 is 5.97 Å². The molecule has 3 heterocycles. The summed E-state index contributed by atoms with van der Waals surface area (Å²) in [4.78, 5) is 59.6. The monoisotopic (exact) mass is 703 g/mol. The van der Waals surface area contributed by atoms with Crippen LogP contribution in [0.3, 0.4) is 0 Å². The van der Waals surface area contributed by atoms with Crippen molar-refractivity contribution < 1.29 is 43.2 Å². The zero-order chi connectivity index (χ0) is 36.5. The number of rotatable bonds is 19. The molecule has 0 aliphatic carbocycles. The number of nitrogens with zero attached hydrogens (tertiary/aromatic N) is 2. The molecule has 2 aromatic carbocycles. The third-order valence-corrected chi connectivity index (χ3v) is 10.1. The molecule has 12 nitrogen and oxygen atoms in total. The Hall–Kier alpha value is -4.52. The Morgan fingerprint density at radius 3 is 2.49 bits per heavy atom. The van der Waals surface area contributed by atoms with Crippen molar-refractivity contribution >= 4 is 29.4 Å². The van der Waals surface area contributed by atoms with Gasteiger partial charge in [-0.15, -0.1) is 13.2 Å². The van der Waals surface area contributed by atoms with E-state index in [2.05, 4.69) is 18.5 Å². The van der Waals surface area contributed by atoms with Gasteiger partial charge in [-0.2, -0.15) is 0 Å². The standard InChI is InChI=1S/C39H49N3O9/c1-5-7-15-31(44)40-29(25-48-3)34(26-13-9-8-10-14-26)50-38(47)32-30-20-21-39(51-30)33(32)36(45)42(23-11-12-24-43)35(39)37(46)41(22-6-2)27-16-18-28(49-4)19-17-27/h5-6,8-10,13-14,16-19,29-30,32-35,43H,1-2,7,11-12,15,20-25H2,3-4H3,(H,40,44)/t29-,30+,32-,33-,34-,35+,39-/m1/s1. The van der Waals surface area contributed by atoms with Crippen molar-refractivity contribution in [3.05, 3.63) is 85.5 Å². The van der Waals surface area contributed by atoms with E-state index in [0.29, 0.717) is 49.1 Å². The second-order valence-corrected chi connectivity index (χ2v) is 13.2. The van der Waals surface area contributed by atoms with Crippen molar-refractivity contribution in [1.82, 2.24) is 10.2 Å². The number of anilines is 1. The van der Waals surface area contributed by atoms with Gasteiger partial charge in [0.25, 0.3) is 5.91 Å². The number of hydrogen-bond donors (Lipinski definition) is 2. The maximum absolute atomic E-state index is 14.7. The average molecular weight is 704 g/mol. The predicted octanol–water partition coefficient (Wildman–Crippen LogP) is 3.74. The second kappa shape index (κ2) is 17.1. The molecule has 0 aromatic heterocycles. The molecule has 2 aromatic rings. The smallest absolute Gasteiger partial charge is 0.313 e. The average Bonchev–Trinajstić information content (AvgIpc) is 3.79. The van der Waals surface area contributed by atoms with Crippen LogP contribution in [0.2, 0.25) is 0 Å². The molecule has 3 fully saturated rings. The summed E-state index contributed by atoms with van der Waals surface area (Å²) in [6.07, 6.45) is 4.13. The van der Waals surface area contributed by atoms with Crippen LogP contribution >= 0.6 is 0 Å². The number of amides is 3. The molecule has 1 spiro atoms. The lowest BCUT2D eigenvalue weighted by atomic mass is 9.70. The van der Waals surface area contributed by atoms with E-state index in [9.17, 15) is 24.3 Å². The molecular formula is C39H49N3O9. The molecule has 5 rings (SSSR count). The Morgan fingerprint density at radius 2 is 1.84 bits per heavy atom. The summed E-state index contributed by atoms with van der Waals surface area (Å²) in [7, 11) is 3.06. The molecular weight excluding hydrogens is 654 g/mol. The predicted molar refractivity (Wildman–Crippen MR) is 190 cm³/mol. The van der Waals surface area contributed by atoms with Gasteiger partial charge in [0.05, 0.1) is 37.7 Å². The van der Waals surface area contributed by atoms with Crippen molar-refractivity contribution in [3.63, 3.8) is 0 Å². The van der Waals surface area contributed by atoms with E-state index < -0.39 is 47.7 Å². The minimum Gasteiger partial charge on any atom is -0.497 e. The van der Waals surface area contributed by atoms with Crippen molar-refractivity contribution in [2.75, 3.05) is 45.4 Å². The quantitative estimate of drug-likeness (QED) is 0.127. The number of carbonyl (C=O) groups is 4. The van der Waals surface area contributed by atoms with E-state index in [1.54, 1.807) is 60.6 Å². The molecule has 0 radical (unpaired) electrons. The Balaban J connectivity index is 1.48. The van der Waals surface area contributed by atoms with E-state index >= 15 is 0 Å². The van der Waals surface area contributed by atoms with E-state index in [1.807, 2.05) is 18.2 Å². The summed E-state index contributed by atoms with van der Waals surface area (Å²) in [6, 6.07) is 14.4. The summed E-state index contributed by atoms with van der Waals surface area (Å²) >= 11 is 0. The van der Waals surface area contributed by atoms with Crippen molar-refractivity contribution in [3.8, 4) is 5.75 Å². The first kappa shape index (κ1) is 37.7. The van der Waals surface area contributed by atoms with Gasteiger partial charge in [0.1, 0.15) is 23.5 Å². The minimum absolute atomic E-state index is 0.0588. The normalized spacial score (nSPS) is 24.4. The van der Waals surface area contributed by atoms with E-state index in [-0.39, 0.29) is 50.4 Å². The Bertz CT molecular complexity index is 1550. The lowest BCUT2D eigenvalue weighted by Crippen LogP contribution is -2.56. The Morgan fingerprint density at radius 1 is 1.10 bits per heavy atom. The first-order valence-electron chi connectivity index (χ1n) is 17.5. The molecule has 0 unspecified atom stereocenters. The molecule has 3 saturated heterocycles. The minimum atomic E-state index is -1.26. The molecule has 3 aliphatic heterocycles. The molecule has 2 N–H and O–H groups in total. The van der Waals surface area contributed by atoms with Crippen LogP contribution in [-0.4, -0.2) is 98.0 Å². The number of likely N-dealkylation sites (tertiary alicyclic amines) is 1. The number of aliphatic hydroxyl groups is 1. The second-order valence-electron chi connectivity index (χ2n) is 13.2. The number of ether oxygens (including phenoxy) is 4. The highest BCUT2D eigenvalue weighted by Crippen LogP contribution is 2.59. The van der Waals surface area contributed by atoms with Crippen LogP contribution in [0.1, 0.15) is 50.2 Å². The number of benzene rings is 2. The maximum Gasteiger partial charge on any atom is 0.313 e. The zero-order valence-corrected chi connectivity index (χ0v) is 29.4. The van der Waals surface area contributed by atoms with Gasteiger partial charge in [-0.25, -0.2) is 0 Å². The molecule has 12 heteroatoms. The van der Waals surface area contributed by atoms with Gasteiger partial charge in [0.2, 0.25) is 11.8 Å². The van der Waals surface area contributed by atoms with Gasteiger partial charge in [-0.05, 0) is 61.9 Å². The number of carbonyl (C=O) groups excluding carboxylic acids is 4. The summed E-state index contributed by atoms with van der Waals surface area (Å²) in [5.41, 5.74) is -0.0238. The molecule has 3 amide bonds. The topological polar surface area (TPSA) is 144 Å². The largest absolute Gasteiger partial charge is 0.497 e. The molecule has 0 saturated carbocycles. The molecule has 2 bridgehead atoms. The van der Waals surface area contributed by atoms with Gasteiger partial charge in [0.15, 0.2) is 0 Å². The first-order valence-corrected chi connectivity index (χ1v) is 17.5. The summed E-state index contributed by atoms with van der Waals surface area (Å²) < 4.78 is 23.7. The molecule has 7 atom stereocenters. The number of methoxy groups -OCH3 is 2. The Kier molecular flexibility index (Phi) is 12.7. The fraction of sp³-hybridized carbons (Fsp3) is 0.487. The SMILES string of the molecule is C=CCCC(=O)N[C@H](COC)[C@H](OC(=O)[C@@H]1[C@@H]2CC[C@]3(O2)[C@H](C(=O)N(CC=C)c2ccc(OC)cc2)N(CCCCO)C(=O)[C@@H]13)c1ccccc1. The number of hydrogen-bond acceptors (Lipinski definition) is 9. The van der Waals surface area contributed by atoms with Crippen LogP contribution < -0.4 is 15.0 Å². The van der Waals surface area contributed by atoms with Gasteiger partial charge in [-0.3, -0.25) is 19.2 Å². The van der Waals surface area contributed by atoms with Crippen LogP contribution in [0, 0.1) is 11.8 Å². The summed E-state index contributed by atoms with van der Waals surface area (Å²) in [5.74, 6) is -2.91. The van der Waals surface area contributed by atoms with Crippen molar-refractivity contribution in [2.24, 2.45) is 11.8 Å². The molecule has 274 valence electrons. The zero-order valence-electron chi connectivity index (χ0n) is 29.4. The van der Waals surface area contributed by atoms with E-state index in [1.165, 1.54) is 12.0 Å². The van der Waals surface area contributed by atoms with Crippen LogP contribution in [0.4, 0.5) is 5.69 Å². The fourth-order valence-corrected chi connectivity index (χ4v) is 7.82. The van der Waals surface area contributed by atoms with Gasteiger partial charge < -0.3 is 39.2 Å². The van der Waals surface area contributed by atoms with Crippen molar-refractivity contribution in [1.29, 1.82) is 0 Å². The molecule has 3 aliphatic rings. The number of aliphatic hydroxyl groups excluding tert-OH is 1. The number of unbranched alkanes of at least 4 members (excludes halogenated alkanes) is 1. The first-order chi connectivity index (χ1) is 24.7. The van der Waals surface area contributed by atoms with Crippen LogP contribution in [0.5, 0.6) is 5.75 Å². The lowest BCUT2D eigenvalue weighted by Gasteiger charge is -2.37. The van der Waals surface area contributed by atoms with E-state index in [0.717, 1.165) is 0 Å². The van der Waals surface area contributed by atoms with Gasteiger partial charge in [0, 0.05) is 38.9 Å². The summed E-state index contributed by atoms with van der Waals surface area (Å²) in [5, 5.41) is 12.5. The summed E-state index contributed by atoms with van der Waals surface area (Å²) in [6.45, 7) is 7.92. The lowest BCUT2D eigenvalue weighted by molar-refractivity contribution is -0.163. The van der Waals surface area contributed by atoms with Crippen LogP contribution in [0.15, 0.2) is 79.9 Å². The highest BCUT2D eigenvalue weighted by Gasteiger charge is 2.75. The maximum atomic E-state index is 14.7. The van der Waals surface area contributed by atoms with Gasteiger partial charge in [-0.1, -0.05) is 42.5 Å². The number of nitrogens with one attached hydrogen (secondary N) is 1. The Labute approximate surface area is 299 Å². The highest BCUT2D eigenvalue weighted by molar-refractivity contribution is 6.04. The van der Waals surface area contributed by atoms with E-state index in [4.69, 9.17) is 18.9 Å². The highest BCUT2D eigenvalue weighted by atomic mass is 16.6. The van der Waals surface area contributed by atoms with Crippen LogP contribution in [-0.2, 0) is 33.4 Å². The fourth-order valence-electron chi connectivity index (χ4n) is 7.82. The molecule has 51 heavy (non-hydrogen) atoms. The number of allylic oxidation sites excluding steroid dienone is 1. The van der Waals surface area contributed by atoms with Crippen molar-refractivity contribution in [2.45, 2.75) is 68.4 Å². The van der Waals surface area contributed by atoms with Crippen LogP contribution in [0.25, 0.3) is 0 Å². The number of esters is 1. The third-order valence-electron chi connectivity index (χ3n) is 10.1. The third kappa shape index (κ3) is 7.73. The number of fused-ring (bicyclic) bond motifs is 1.